The standard InChI is InChI=1S/C20H22N6O2.H2/c1-12-16(8-3-13(9-21)23-12)17-10-22-19-20(24-17)26(11-18(27)25-19)14-4-6-15(28-2)7-5-14;/h3,8,10,14-15H,4-7,11H2,1-2H3,(H,22,25,27);1H. The van der Waals surface area contributed by atoms with Gasteiger partial charge in [-0.25, -0.2) is 15.0 Å². The fourth-order valence-electron chi connectivity index (χ4n) is 3.99. The van der Waals surface area contributed by atoms with E-state index in [0.717, 1.165) is 36.9 Å². The Morgan fingerprint density at radius 2 is 2.07 bits per heavy atom. The van der Waals surface area contributed by atoms with E-state index >= 15 is 0 Å². The van der Waals surface area contributed by atoms with Crippen molar-refractivity contribution in [2.45, 2.75) is 44.8 Å². The molecule has 2 aromatic rings. The first-order chi connectivity index (χ1) is 13.6. The summed E-state index contributed by atoms with van der Waals surface area (Å²) < 4.78 is 5.47. The van der Waals surface area contributed by atoms with Gasteiger partial charge in [-0.1, -0.05) is 0 Å². The summed E-state index contributed by atoms with van der Waals surface area (Å²) in [5, 5.41) is 11.8. The quantitative estimate of drug-likeness (QED) is 0.873. The number of nitrogens with zero attached hydrogens (tertiary/aromatic N) is 5. The lowest BCUT2D eigenvalue weighted by molar-refractivity contribution is -0.115. The summed E-state index contributed by atoms with van der Waals surface area (Å²) in [7, 11) is 1.75. The van der Waals surface area contributed by atoms with Gasteiger partial charge in [-0.05, 0) is 44.7 Å². The maximum atomic E-state index is 12.2. The van der Waals surface area contributed by atoms with Gasteiger partial charge in [-0.15, -0.1) is 0 Å². The number of nitrogens with one attached hydrogen (secondary N) is 1. The third-order valence-corrected chi connectivity index (χ3v) is 5.49. The zero-order chi connectivity index (χ0) is 19.7. The number of carbonyl (C=O) groups is 1. The number of rotatable bonds is 3. The zero-order valence-corrected chi connectivity index (χ0v) is 16.0. The molecular formula is C20H24N6O2. The van der Waals surface area contributed by atoms with Crippen LogP contribution in [0.1, 0.15) is 38.5 Å². The molecule has 0 bridgehead atoms. The summed E-state index contributed by atoms with van der Waals surface area (Å²) in [6.45, 7) is 2.13. The van der Waals surface area contributed by atoms with E-state index in [9.17, 15) is 4.79 Å². The predicted molar refractivity (Wildman–Crippen MR) is 106 cm³/mol. The lowest BCUT2D eigenvalue weighted by Crippen LogP contribution is -2.47. The van der Waals surface area contributed by atoms with Gasteiger partial charge in [0.05, 0.1) is 24.5 Å². The summed E-state index contributed by atoms with van der Waals surface area (Å²) in [5.41, 5.74) is 2.60. The molecule has 1 N–H and O–H groups in total. The van der Waals surface area contributed by atoms with Crippen LogP contribution in [0.2, 0.25) is 0 Å². The van der Waals surface area contributed by atoms with E-state index in [1.807, 2.05) is 19.1 Å². The minimum atomic E-state index is -0.0698. The first-order valence-corrected chi connectivity index (χ1v) is 9.43. The molecule has 1 aliphatic heterocycles. The van der Waals surface area contributed by atoms with Crippen LogP contribution in [0.25, 0.3) is 11.3 Å². The molecule has 0 unspecified atom stereocenters. The Hall–Kier alpha value is -3.05. The molecule has 0 radical (unpaired) electrons. The van der Waals surface area contributed by atoms with E-state index in [2.05, 4.69) is 20.2 Å². The first-order valence-electron chi connectivity index (χ1n) is 9.43. The number of anilines is 2. The van der Waals surface area contributed by atoms with Gasteiger partial charge in [0.25, 0.3) is 0 Å². The van der Waals surface area contributed by atoms with Crippen LogP contribution in [0.15, 0.2) is 18.3 Å². The molecule has 146 valence electrons. The molecule has 2 aromatic heterocycles. The third-order valence-electron chi connectivity index (χ3n) is 5.49. The lowest BCUT2D eigenvalue weighted by atomic mass is 9.91. The largest absolute Gasteiger partial charge is 0.381 e. The predicted octanol–water partition coefficient (Wildman–Crippen LogP) is 2.68. The molecule has 4 rings (SSSR count). The fourth-order valence-corrected chi connectivity index (χ4v) is 3.99. The van der Waals surface area contributed by atoms with Crippen LogP contribution in [0.3, 0.4) is 0 Å². The van der Waals surface area contributed by atoms with Crippen molar-refractivity contribution in [3.05, 3.63) is 29.7 Å². The van der Waals surface area contributed by atoms with Crippen molar-refractivity contribution < 1.29 is 11.0 Å². The second-order valence-corrected chi connectivity index (χ2v) is 7.21. The van der Waals surface area contributed by atoms with Crippen LogP contribution in [0.4, 0.5) is 11.6 Å². The van der Waals surface area contributed by atoms with E-state index in [-0.39, 0.29) is 19.9 Å². The van der Waals surface area contributed by atoms with Gasteiger partial charge in [0.15, 0.2) is 11.6 Å². The molecule has 28 heavy (non-hydrogen) atoms. The molecule has 0 aromatic carbocycles. The van der Waals surface area contributed by atoms with Crippen molar-refractivity contribution in [1.29, 1.82) is 5.26 Å². The molecule has 0 spiro atoms. The normalized spacial score (nSPS) is 21.6. The number of amides is 1. The average Bonchev–Trinajstić information content (AvgIpc) is 2.73. The van der Waals surface area contributed by atoms with Crippen LogP contribution >= 0.6 is 0 Å². The molecule has 1 fully saturated rings. The van der Waals surface area contributed by atoms with Crippen molar-refractivity contribution in [3.8, 4) is 17.3 Å². The Kier molecular flexibility index (Phi) is 4.92. The van der Waals surface area contributed by atoms with Crippen molar-refractivity contribution in [2.24, 2.45) is 0 Å². The summed E-state index contributed by atoms with van der Waals surface area (Å²) in [6, 6.07) is 5.80. The fraction of sp³-hybridized carbons (Fsp3) is 0.450. The monoisotopic (exact) mass is 380 g/mol. The van der Waals surface area contributed by atoms with Crippen LogP contribution in [0, 0.1) is 18.3 Å². The smallest absolute Gasteiger partial charge is 0.245 e. The Balaban J connectivity index is 0.00000240. The highest BCUT2D eigenvalue weighted by Gasteiger charge is 2.33. The number of pyridine rings is 1. The Morgan fingerprint density at radius 3 is 2.75 bits per heavy atom. The summed E-state index contributed by atoms with van der Waals surface area (Å²) in [5.74, 6) is 1.12. The molecule has 1 amide bonds. The Labute approximate surface area is 165 Å². The number of ether oxygens (including phenoxy) is 1. The Morgan fingerprint density at radius 1 is 1.29 bits per heavy atom. The van der Waals surface area contributed by atoms with Crippen LogP contribution < -0.4 is 10.2 Å². The number of methoxy groups -OCH3 is 1. The Bertz CT molecular complexity index is 952. The molecule has 8 nitrogen and oxygen atoms in total. The van der Waals surface area contributed by atoms with Crippen molar-refractivity contribution in [2.75, 3.05) is 23.9 Å². The number of hydrogen-bond donors (Lipinski definition) is 1. The van der Waals surface area contributed by atoms with Gasteiger partial charge in [-0.3, -0.25) is 4.79 Å². The van der Waals surface area contributed by atoms with E-state index in [1.165, 1.54) is 0 Å². The van der Waals surface area contributed by atoms with Crippen molar-refractivity contribution >= 4 is 17.5 Å². The molecule has 1 saturated carbocycles. The molecule has 3 heterocycles. The van der Waals surface area contributed by atoms with E-state index < -0.39 is 0 Å². The summed E-state index contributed by atoms with van der Waals surface area (Å²) >= 11 is 0. The number of aromatic nitrogens is 3. The first kappa shape index (κ1) is 18.3. The molecule has 2 aliphatic rings. The topological polar surface area (TPSA) is 104 Å². The number of hydrogen-bond acceptors (Lipinski definition) is 7. The molecule has 0 atom stereocenters. The number of nitriles is 1. The SMILES string of the molecule is COC1CCC(N2CC(=O)Nc3ncc(-c4ccc(C#N)nc4C)nc32)CC1.[HH]. The number of aryl methyl sites for hydroxylation is 1. The third kappa shape index (κ3) is 3.41. The molecule has 0 saturated heterocycles. The van der Waals surface area contributed by atoms with E-state index in [0.29, 0.717) is 29.1 Å². The highest BCUT2D eigenvalue weighted by Crippen LogP contribution is 2.34. The average molecular weight is 380 g/mol. The minimum Gasteiger partial charge on any atom is -0.381 e. The maximum Gasteiger partial charge on any atom is 0.245 e. The van der Waals surface area contributed by atoms with Gasteiger partial charge in [-0.2, -0.15) is 5.26 Å². The van der Waals surface area contributed by atoms with Crippen molar-refractivity contribution in [3.63, 3.8) is 0 Å². The number of carbonyl (C=O) groups excluding carboxylic acids is 1. The minimum absolute atomic E-state index is 0. The van der Waals surface area contributed by atoms with Crippen molar-refractivity contribution in [1.82, 2.24) is 15.0 Å². The number of fused-ring (bicyclic) bond motifs is 1. The van der Waals surface area contributed by atoms with Gasteiger partial charge in [0, 0.05) is 25.8 Å². The summed E-state index contributed by atoms with van der Waals surface area (Å²) in [6.07, 6.45) is 5.78. The lowest BCUT2D eigenvalue weighted by Gasteiger charge is -2.39. The molecule has 8 heteroatoms. The van der Waals surface area contributed by atoms with Gasteiger partial charge < -0.3 is 15.0 Å². The van der Waals surface area contributed by atoms with Crippen LogP contribution in [0.5, 0.6) is 0 Å². The second-order valence-electron chi connectivity index (χ2n) is 7.21. The van der Waals surface area contributed by atoms with E-state index in [4.69, 9.17) is 15.0 Å². The van der Waals surface area contributed by atoms with Crippen LogP contribution in [-0.2, 0) is 9.53 Å². The summed E-state index contributed by atoms with van der Waals surface area (Å²) in [4.78, 5) is 27.8. The van der Waals surface area contributed by atoms with Gasteiger partial charge in [0.1, 0.15) is 11.8 Å². The molecular weight excluding hydrogens is 356 g/mol. The van der Waals surface area contributed by atoms with E-state index in [1.54, 1.807) is 19.4 Å². The van der Waals surface area contributed by atoms with Gasteiger partial charge in [0.2, 0.25) is 5.91 Å². The second kappa shape index (κ2) is 7.52. The highest BCUT2D eigenvalue weighted by atomic mass is 16.5. The highest BCUT2D eigenvalue weighted by molar-refractivity contribution is 5.99. The zero-order valence-electron chi connectivity index (χ0n) is 16.0. The van der Waals surface area contributed by atoms with Gasteiger partial charge >= 0.3 is 0 Å². The van der Waals surface area contributed by atoms with Crippen LogP contribution in [-0.4, -0.2) is 46.7 Å². The molecule has 1 aliphatic carbocycles. The maximum absolute atomic E-state index is 12.2.